The molecule has 1 aromatic heterocycles. The number of nitrogens with one attached hydrogen (secondary N) is 1. The maximum Gasteiger partial charge on any atom is 0.0469 e. The van der Waals surface area contributed by atoms with Crippen LogP contribution in [0.1, 0.15) is 37.4 Å². The van der Waals surface area contributed by atoms with Crippen molar-refractivity contribution in [1.29, 1.82) is 0 Å². The highest BCUT2D eigenvalue weighted by Gasteiger charge is 2.24. The van der Waals surface area contributed by atoms with Gasteiger partial charge in [-0.15, -0.1) is 0 Å². The van der Waals surface area contributed by atoms with Gasteiger partial charge in [-0.2, -0.15) is 0 Å². The first-order chi connectivity index (χ1) is 9.31. The first-order valence-electron chi connectivity index (χ1n) is 7.53. The summed E-state index contributed by atoms with van der Waals surface area (Å²) in [5.41, 5.74) is 2.54. The van der Waals surface area contributed by atoms with Crippen molar-refractivity contribution in [2.75, 3.05) is 19.8 Å². The third kappa shape index (κ3) is 4.29. The van der Waals surface area contributed by atoms with Gasteiger partial charge in [0.2, 0.25) is 0 Å². The minimum absolute atomic E-state index is 0.539. The largest absolute Gasteiger partial charge is 0.381 e. The van der Waals surface area contributed by atoms with Crippen molar-refractivity contribution in [2.24, 2.45) is 5.92 Å². The molecule has 2 rings (SSSR count). The Morgan fingerprint density at radius 3 is 2.89 bits per heavy atom. The molecule has 106 valence electrons. The van der Waals surface area contributed by atoms with Gasteiger partial charge in [-0.25, -0.2) is 0 Å². The van der Waals surface area contributed by atoms with Crippen LogP contribution in [0.15, 0.2) is 18.3 Å². The van der Waals surface area contributed by atoms with E-state index in [2.05, 4.69) is 30.2 Å². The summed E-state index contributed by atoms with van der Waals surface area (Å²) in [7, 11) is 0. The molecule has 1 unspecified atom stereocenters. The van der Waals surface area contributed by atoms with E-state index >= 15 is 0 Å². The first-order valence-corrected chi connectivity index (χ1v) is 7.53. The molecule has 19 heavy (non-hydrogen) atoms. The molecular weight excluding hydrogens is 236 g/mol. The van der Waals surface area contributed by atoms with Crippen LogP contribution < -0.4 is 5.32 Å². The molecular formula is C16H26N2O. The monoisotopic (exact) mass is 262 g/mol. The van der Waals surface area contributed by atoms with Gasteiger partial charge in [0.15, 0.2) is 0 Å². The average molecular weight is 262 g/mol. The summed E-state index contributed by atoms with van der Waals surface area (Å²) in [6.45, 7) is 7.30. The third-order valence-corrected chi connectivity index (χ3v) is 4.02. The summed E-state index contributed by atoms with van der Waals surface area (Å²) in [5, 5.41) is 3.72. The van der Waals surface area contributed by atoms with E-state index in [1.54, 1.807) is 0 Å². The minimum atomic E-state index is 0.539. The summed E-state index contributed by atoms with van der Waals surface area (Å²) in [6.07, 6.45) is 6.47. The molecule has 1 aliphatic heterocycles. The quantitative estimate of drug-likeness (QED) is 0.856. The molecule has 0 amide bonds. The van der Waals surface area contributed by atoms with Crippen LogP contribution in [0.4, 0.5) is 0 Å². The highest BCUT2D eigenvalue weighted by atomic mass is 16.5. The summed E-state index contributed by atoms with van der Waals surface area (Å²) in [5.74, 6) is 0.724. The highest BCUT2D eigenvalue weighted by Crippen LogP contribution is 2.22. The molecule has 1 aromatic rings. The molecule has 3 heteroatoms. The zero-order chi connectivity index (χ0) is 13.5. The van der Waals surface area contributed by atoms with Crippen LogP contribution >= 0.6 is 0 Å². The van der Waals surface area contributed by atoms with Crippen molar-refractivity contribution < 1.29 is 4.74 Å². The van der Waals surface area contributed by atoms with E-state index in [-0.39, 0.29) is 0 Å². The maximum atomic E-state index is 5.48. The number of hydrogen-bond acceptors (Lipinski definition) is 3. The van der Waals surface area contributed by atoms with Crippen LogP contribution in [-0.2, 0) is 11.2 Å². The van der Waals surface area contributed by atoms with E-state index in [1.807, 2.05) is 12.3 Å². The highest BCUT2D eigenvalue weighted by molar-refractivity contribution is 5.18. The van der Waals surface area contributed by atoms with E-state index in [0.717, 1.165) is 32.1 Å². The fraction of sp³-hybridized carbons (Fsp3) is 0.688. The number of hydrogen-bond donors (Lipinski definition) is 1. The molecule has 1 fully saturated rings. The molecule has 0 saturated carbocycles. The van der Waals surface area contributed by atoms with Gasteiger partial charge < -0.3 is 10.1 Å². The van der Waals surface area contributed by atoms with Crippen molar-refractivity contribution in [3.63, 3.8) is 0 Å². The predicted octanol–water partition coefficient (Wildman–Crippen LogP) is 2.73. The fourth-order valence-electron chi connectivity index (χ4n) is 2.79. The van der Waals surface area contributed by atoms with Gasteiger partial charge in [0.1, 0.15) is 0 Å². The lowest BCUT2D eigenvalue weighted by Crippen LogP contribution is -2.41. The van der Waals surface area contributed by atoms with E-state index in [0.29, 0.717) is 6.04 Å². The lowest BCUT2D eigenvalue weighted by molar-refractivity contribution is 0.0536. The van der Waals surface area contributed by atoms with Crippen molar-refractivity contribution in [1.82, 2.24) is 10.3 Å². The average Bonchev–Trinajstić information content (AvgIpc) is 2.46. The second-order valence-corrected chi connectivity index (χ2v) is 5.48. The smallest absolute Gasteiger partial charge is 0.0469 e. The van der Waals surface area contributed by atoms with Gasteiger partial charge in [-0.1, -0.05) is 13.0 Å². The van der Waals surface area contributed by atoms with Crippen molar-refractivity contribution >= 4 is 0 Å². The van der Waals surface area contributed by atoms with Gasteiger partial charge in [0.25, 0.3) is 0 Å². The zero-order valence-electron chi connectivity index (χ0n) is 12.2. The molecule has 3 nitrogen and oxygen atoms in total. The predicted molar refractivity (Wildman–Crippen MR) is 78.3 cm³/mol. The van der Waals surface area contributed by atoms with Crippen molar-refractivity contribution in [3.8, 4) is 0 Å². The first kappa shape index (κ1) is 14.5. The minimum Gasteiger partial charge on any atom is -0.381 e. The van der Waals surface area contributed by atoms with Crippen LogP contribution in [0.5, 0.6) is 0 Å². The molecule has 1 N–H and O–H groups in total. The Morgan fingerprint density at radius 2 is 2.21 bits per heavy atom. The zero-order valence-corrected chi connectivity index (χ0v) is 12.2. The Hall–Kier alpha value is -0.930. The second-order valence-electron chi connectivity index (χ2n) is 5.48. The Bertz CT molecular complexity index is 375. The molecule has 0 aliphatic carbocycles. The number of aryl methyl sites for hydroxylation is 1. The Kier molecular flexibility index (Phi) is 5.80. The summed E-state index contributed by atoms with van der Waals surface area (Å²) < 4.78 is 5.48. The van der Waals surface area contributed by atoms with Gasteiger partial charge in [-0.3, -0.25) is 4.98 Å². The van der Waals surface area contributed by atoms with Gasteiger partial charge in [-0.05, 0) is 50.3 Å². The number of aromatic nitrogens is 1. The Labute approximate surface area is 116 Å². The standard InChI is InChI=1S/C16H26N2O/c1-3-8-17-16(14-6-10-19-11-7-14)12-15-13(2)5-4-9-18-15/h4-5,9,14,16-17H,3,6-8,10-12H2,1-2H3. The molecule has 0 bridgehead atoms. The van der Waals surface area contributed by atoms with E-state index in [1.165, 1.54) is 30.5 Å². The SMILES string of the molecule is CCCNC(Cc1ncccc1C)C1CCOCC1. The van der Waals surface area contributed by atoms with Crippen LogP contribution in [0, 0.1) is 12.8 Å². The molecule has 0 radical (unpaired) electrons. The number of ether oxygens (including phenoxy) is 1. The summed E-state index contributed by atoms with van der Waals surface area (Å²) in [6, 6.07) is 4.71. The lowest BCUT2D eigenvalue weighted by Gasteiger charge is -2.31. The van der Waals surface area contributed by atoms with Crippen molar-refractivity contribution in [2.45, 2.75) is 45.6 Å². The van der Waals surface area contributed by atoms with Gasteiger partial charge in [0.05, 0.1) is 0 Å². The van der Waals surface area contributed by atoms with Crippen LogP contribution in [0.2, 0.25) is 0 Å². The van der Waals surface area contributed by atoms with E-state index < -0.39 is 0 Å². The van der Waals surface area contributed by atoms with E-state index in [4.69, 9.17) is 4.74 Å². The second kappa shape index (κ2) is 7.61. The summed E-state index contributed by atoms with van der Waals surface area (Å²) >= 11 is 0. The molecule has 2 heterocycles. The normalized spacial score (nSPS) is 18.4. The van der Waals surface area contributed by atoms with Crippen molar-refractivity contribution in [3.05, 3.63) is 29.6 Å². The molecule has 0 aromatic carbocycles. The molecule has 1 atom stereocenters. The van der Waals surface area contributed by atoms with Gasteiger partial charge in [0, 0.05) is 37.6 Å². The molecule has 0 spiro atoms. The third-order valence-electron chi connectivity index (χ3n) is 4.02. The van der Waals surface area contributed by atoms with Crippen LogP contribution in [-0.4, -0.2) is 30.8 Å². The Morgan fingerprint density at radius 1 is 1.42 bits per heavy atom. The number of nitrogens with zero attached hydrogens (tertiary/aromatic N) is 1. The Balaban J connectivity index is 2.02. The lowest BCUT2D eigenvalue weighted by atomic mass is 9.88. The fourth-order valence-corrected chi connectivity index (χ4v) is 2.79. The molecule has 1 aliphatic rings. The topological polar surface area (TPSA) is 34.2 Å². The summed E-state index contributed by atoms with van der Waals surface area (Å²) in [4.78, 5) is 4.55. The van der Waals surface area contributed by atoms with Crippen LogP contribution in [0.3, 0.4) is 0 Å². The van der Waals surface area contributed by atoms with E-state index in [9.17, 15) is 0 Å². The maximum absolute atomic E-state index is 5.48. The number of rotatable bonds is 6. The molecule has 1 saturated heterocycles. The van der Waals surface area contributed by atoms with Gasteiger partial charge >= 0.3 is 0 Å². The number of pyridine rings is 1. The van der Waals surface area contributed by atoms with Crippen LogP contribution in [0.25, 0.3) is 0 Å².